The van der Waals surface area contributed by atoms with Crippen molar-refractivity contribution in [2.24, 2.45) is 4.40 Å². The molecule has 0 spiro atoms. The van der Waals surface area contributed by atoms with Gasteiger partial charge in [-0.25, -0.2) is 4.79 Å². The lowest BCUT2D eigenvalue weighted by Gasteiger charge is -1.97. The molecule has 0 unspecified atom stereocenters. The van der Waals surface area contributed by atoms with E-state index in [0.29, 0.717) is 0 Å². The second-order valence-electron chi connectivity index (χ2n) is 2.81. The first kappa shape index (κ1) is 11.3. The maximum absolute atomic E-state index is 11.3. The molecule has 0 aliphatic rings. The van der Waals surface area contributed by atoms with Gasteiger partial charge in [0.15, 0.2) is 0 Å². The summed E-state index contributed by atoms with van der Waals surface area (Å²) < 4.78 is 24.5. The first-order valence-electron chi connectivity index (χ1n) is 3.92. The van der Waals surface area contributed by atoms with E-state index in [-0.39, 0.29) is 5.56 Å². The Morgan fingerprint density at radius 2 is 1.80 bits per heavy atom. The molecule has 6 heteroatoms. The Morgan fingerprint density at radius 1 is 1.27 bits per heavy atom. The number of hydrogen-bond donors (Lipinski definition) is 0. The molecule has 0 amide bonds. The van der Waals surface area contributed by atoms with Gasteiger partial charge in [0.2, 0.25) is 0 Å². The van der Waals surface area contributed by atoms with E-state index in [1.807, 2.05) is 0 Å². The van der Waals surface area contributed by atoms with Crippen LogP contribution in [0.15, 0.2) is 28.7 Å². The smallest absolute Gasteiger partial charge is 0.274 e. The van der Waals surface area contributed by atoms with Crippen molar-refractivity contribution in [3.05, 3.63) is 35.4 Å². The third kappa shape index (κ3) is 2.59. The van der Waals surface area contributed by atoms with E-state index in [1.165, 1.54) is 12.1 Å². The molecule has 0 aromatic heterocycles. The minimum Gasteiger partial charge on any atom is -0.274 e. The van der Waals surface area contributed by atoms with Gasteiger partial charge < -0.3 is 0 Å². The van der Waals surface area contributed by atoms with Gasteiger partial charge >= 0.3 is 10.0 Å². The Kier molecular flexibility index (Phi) is 3.14. The number of carbonyl (C=O) groups excluding carboxylic acids is 2. The van der Waals surface area contributed by atoms with Crippen LogP contribution in [0.1, 0.15) is 15.9 Å². The summed E-state index contributed by atoms with van der Waals surface area (Å²) in [7, 11) is -4.41. The van der Waals surface area contributed by atoms with Gasteiger partial charge in [-0.1, -0.05) is 22.1 Å². The molecule has 0 bridgehead atoms. The van der Waals surface area contributed by atoms with Crippen molar-refractivity contribution in [2.45, 2.75) is 6.92 Å². The van der Waals surface area contributed by atoms with Gasteiger partial charge in [0.1, 0.15) is 0 Å². The van der Waals surface area contributed by atoms with Crippen LogP contribution in [0, 0.1) is 6.92 Å². The van der Waals surface area contributed by atoms with Crippen molar-refractivity contribution in [3.8, 4) is 0 Å². The number of nitrogens with zero attached hydrogens (tertiary/aromatic N) is 1. The largest absolute Gasteiger partial charge is 0.331 e. The minimum absolute atomic E-state index is 0.0281. The minimum atomic E-state index is -4.41. The quantitative estimate of drug-likeness (QED) is 0.550. The average Bonchev–Trinajstić information content (AvgIpc) is 2.18. The molecule has 0 atom stereocenters. The van der Waals surface area contributed by atoms with Crippen molar-refractivity contribution in [1.29, 1.82) is 0 Å². The maximum Gasteiger partial charge on any atom is 0.331 e. The third-order valence-corrected chi connectivity index (χ3v) is 2.70. The van der Waals surface area contributed by atoms with Crippen LogP contribution in [0.5, 0.6) is 0 Å². The lowest BCUT2D eigenvalue weighted by Crippen LogP contribution is -2.11. The van der Waals surface area contributed by atoms with Gasteiger partial charge in [0.25, 0.3) is 11.2 Å². The zero-order valence-corrected chi connectivity index (χ0v) is 8.61. The number of aryl methyl sites for hydroxylation is 1. The van der Waals surface area contributed by atoms with Gasteiger partial charge in [0, 0.05) is 5.56 Å². The molecule has 0 aliphatic carbocycles. The standard InChI is InChI=1S/C9H7NO4S/c1-7-2-4-8(5-3-7)9(12)15(13,14)10-6-11/h2-5H,1H3. The molecule has 78 valence electrons. The number of isocyanates is 1. The van der Waals surface area contributed by atoms with E-state index < -0.39 is 15.1 Å². The fourth-order valence-corrected chi connectivity index (χ4v) is 1.54. The van der Waals surface area contributed by atoms with Crippen molar-refractivity contribution >= 4 is 21.2 Å². The predicted octanol–water partition coefficient (Wildman–Crippen LogP) is 0.801. The molecular weight excluding hydrogens is 218 g/mol. The molecule has 15 heavy (non-hydrogen) atoms. The van der Waals surface area contributed by atoms with E-state index in [2.05, 4.69) is 4.40 Å². The molecule has 1 aromatic rings. The molecule has 0 saturated carbocycles. The number of carbonyl (C=O) groups is 1. The SMILES string of the molecule is Cc1ccc(C(=O)S(=O)(=O)N=C=O)cc1. The Balaban J connectivity index is 3.16. The molecule has 0 radical (unpaired) electrons. The fourth-order valence-electron chi connectivity index (χ4n) is 0.929. The van der Waals surface area contributed by atoms with Crippen molar-refractivity contribution in [2.75, 3.05) is 0 Å². The summed E-state index contributed by atoms with van der Waals surface area (Å²) in [6, 6.07) is 5.89. The first-order chi connectivity index (χ1) is 6.97. The van der Waals surface area contributed by atoms with Crippen LogP contribution in [-0.2, 0) is 14.8 Å². The molecule has 0 N–H and O–H groups in total. The molecule has 1 rings (SSSR count). The maximum atomic E-state index is 11.3. The molecule has 0 saturated heterocycles. The normalized spacial score (nSPS) is 10.5. The van der Waals surface area contributed by atoms with Crippen LogP contribution in [0.4, 0.5) is 0 Å². The summed E-state index contributed by atoms with van der Waals surface area (Å²) in [6.45, 7) is 1.80. The van der Waals surface area contributed by atoms with Crippen LogP contribution in [0.25, 0.3) is 0 Å². The molecule has 5 nitrogen and oxygen atoms in total. The van der Waals surface area contributed by atoms with E-state index in [4.69, 9.17) is 0 Å². The second-order valence-corrected chi connectivity index (χ2v) is 4.31. The third-order valence-electron chi connectivity index (χ3n) is 1.68. The van der Waals surface area contributed by atoms with Crippen molar-refractivity contribution in [1.82, 2.24) is 0 Å². The van der Waals surface area contributed by atoms with E-state index in [0.717, 1.165) is 11.6 Å². The number of rotatable bonds is 2. The Bertz CT molecular complexity index is 524. The Labute approximate surface area is 86.5 Å². The van der Waals surface area contributed by atoms with E-state index in [1.54, 1.807) is 19.1 Å². The fraction of sp³-hybridized carbons (Fsp3) is 0.111. The second kappa shape index (κ2) is 4.16. The van der Waals surface area contributed by atoms with Crippen molar-refractivity contribution in [3.63, 3.8) is 0 Å². The summed E-state index contributed by atoms with van der Waals surface area (Å²) in [5.41, 5.74) is 0.863. The topological polar surface area (TPSA) is 80.6 Å². The van der Waals surface area contributed by atoms with Gasteiger partial charge in [-0.15, -0.1) is 0 Å². The van der Waals surface area contributed by atoms with Crippen LogP contribution >= 0.6 is 0 Å². The molecule has 0 aliphatic heterocycles. The van der Waals surface area contributed by atoms with E-state index >= 15 is 0 Å². The number of benzene rings is 1. The number of hydrogen-bond acceptors (Lipinski definition) is 4. The van der Waals surface area contributed by atoms with Gasteiger partial charge in [-0.2, -0.15) is 8.42 Å². The van der Waals surface area contributed by atoms with E-state index in [9.17, 15) is 18.0 Å². The summed E-state index contributed by atoms with van der Waals surface area (Å²) >= 11 is 0. The Morgan fingerprint density at radius 3 is 2.27 bits per heavy atom. The predicted molar refractivity (Wildman–Crippen MR) is 52.6 cm³/mol. The molecule has 0 heterocycles. The summed E-state index contributed by atoms with van der Waals surface area (Å²) in [6.07, 6.45) is 0.836. The Hall–Kier alpha value is -1.78. The van der Waals surface area contributed by atoms with Gasteiger partial charge in [-0.05, 0) is 19.1 Å². The lowest BCUT2D eigenvalue weighted by atomic mass is 10.2. The highest BCUT2D eigenvalue weighted by Crippen LogP contribution is 2.08. The monoisotopic (exact) mass is 225 g/mol. The van der Waals surface area contributed by atoms with Crippen molar-refractivity contribution < 1.29 is 18.0 Å². The summed E-state index contributed by atoms with van der Waals surface area (Å²) in [5, 5.41) is -1.20. The zero-order valence-electron chi connectivity index (χ0n) is 7.80. The van der Waals surface area contributed by atoms with Crippen LogP contribution in [0.2, 0.25) is 0 Å². The average molecular weight is 225 g/mol. The zero-order chi connectivity index (χ0) is 11.5. The van der Waals surface area contributed by atoms with Crippen LogP contribution < -0.4 is 0 Å². The van der Waals surface area contributed by atoms with Gasteiger partial charge in [0.05, 0.1) is 0 Å². The lowest BCUT2D eigenvalue weighted by molar-refractivity contribution is 0.107. The highest BCUT2D eigenvalue weighted by molar-refractivity contribution is 8.05. The number of sulfonamides is 1. The highest BCUT2D eigenvalue weighted by Gasteiger charge is 2.22. The van der Waals surface area contributed by atoms with Crippen LogP contribution in [0.3, 0.4) is 0 Å². The molecular formula is C9H7NO4S. The summed E-state index contributed by atoms with van der Waals surface area (Å²) in [4.78, 5) is 21.1. The molecule has 1 aromatic carbocycles. The van der Waals surface area contributed by atoms with Crippen LogP contribution in [-0.4, -0.2) is 19.6 Å². The highest BCUT2D eigenvalue weighted by atomic mass is 32.2. The van der Waals surface area contributed by atoms with Gasteiger partial charge in [-0.3, -0.25) is 4.79 Å². The first-order valence-corrected chi connectivity index (χ1v) is 5.36. The molecule has 0 fully saturated rings. The summed E-state index contributed by atoms with van der Waals surface area (Å²) in [5.74, 6) is 0.